The third-order valence-electron chi connectivity index (χ3n) is 4.67. The molecule has 2 aliphatic rings. The fraction of sp³-hybridized carbons (Fsp3) is 0.263. The van der Waals surface area contributed by atoms with E-state index >= 15 is 0 Å². The first-order valence-corrected chi connectivity index (χ1v) is 7.84. The molecule has 2 aromatic rings. The smallest absolute Gasteiger partial charge is 0.282 e. The number of amidine groups is 1. The van der Waals surface area contributed by atoms with Crippen molar-refractivity contribution in [2.24, 2.45) is 4.99 Å². The second kappa shape index (κ2) is 5.09. The van der Waals surface area contributed by atoms with Crippen molar-refractivity contribution in [2.45, 2.75) is 24.8 Å². The van der Waals surface area contributed by atoms with E-state index in [0.717, 1.165) is 42.8 Å². The van der Waals surface area contributed by atoms with Crippen LogP contribution in [0.1, 0.15) is 30.4 Å². The van der Waals surface area contributed by atoms with Gasteiger partial charge in [0.05, 0.1) is 0 Å². The molecule has 1 amide bonds. The molecule has 2 aliphatic heterocycles. The summed E-state index contributed by atoms with van der Waals surface area (Å²) in [5, 5.41) is 0. The van der Waals surface area contributed by atoms with Crippen LogP contribution in [0.2, 0.25) is 0 Å². The number of carbonyl (C=O) groups excluding carboxylic acids is 1. The highest BCUT2D eigenvalue weighted by molar-refractivity contribution is 6.09. The molecule has 0 unspecified atom stereocenters. The van der Waals surface area contributed by atoms with Crippen molar-refractivity contribution >= 4 is 11.7 Å². The zero-order chi connectivity index (χ0) is 15.0. The van der Waals surface area contributed by atoms with Crippen LogP contribution in [0.4, 0.5) is 0 Å². The number of amides is 1. The molecule has 0 atom stereocenters. The maximum atomic E-state index is 13.0. The molecule has 22 heavy (non-hydrogen) atoms. The van der Waals surface area contributed by atoms with Gasteiger partial charge in [0.2, 0.25) is 0 Å². The van der Waals surface area contributed by atoms with Gasteiger partial charge in [-0.05, 0) is 24.0 Å². The average Bonchev–Trinajstić information content (AvgIpc) is 2.89. The summed E-state index contributed by atoms with van der Waals surface area (Å²) in [6.45, 7) is 0.883. The summed E-state index contributed by atoms with van der Waals surface area (Å²) in [6, 6.07) is 20.1. The molecule has 110 valence electrons. The highest BCUT2D eigenvalue weighted by atomic mass is 16.2. The zero-order valence-corrected chi connectivity index (χ0v) is 12.4. The Balaban J connectivity index is 1.96. The lowest BCUT2D eigenvalue weighted by Gasteiger charge is -2.41. The van der Waals surface area contributed by atoms with Gasteiger partial charge in [-0.1, -0.05) is 60.7 Å². The van der Waals surface area contributed by atoms with Gasteiger partial charge < -0.3 is 4.90 Å². The van der Waals surface area contributed by atoms with E-state index in [1.807, 2.05) is 60.7 Å². The molecule has 2 heterocycles. The normalized spacial score (nSPS) is 19.7. The molecule has 0 radical (unpaired) electrons. The number of aliphatic imine (C=N–C) groups is 1. The average molecular weight is 290 g/mol. The van der Waals surface area contributed by atoms with Crippen molar-refractivity contribution < 1.29 is 4.79 Å². The number of fused-ring (bicyclic) bond motifs is 1. The Morgan fingerprint density at radius 3 is 2.05 bits per heavy atom. The summed E-state index contributed by atoms with van der Waals surface area (Å²) >= 11 is 0. The van der Waals surface area contributed by atoms with Gasteiger partial charge in [0.1, 0.15) is 5.84 Å². The Morgan fingerprint density at radius 2 is 1.45 bits per heavy atom. The minimum absolute atomic E-state index is 0.0539. The van der Waals surface area contributed by atoms with Crippen LogP contribution in [0, 0.1) is 0 Å². The van der Waals surface area contributed by atoms with E-state index < -0.39 is 5.54 Å². The fourth-order valence-electron chi connectivity index (χ4n) is 3.69. The molecule has 0 bridgehead atoms. The number of carbonyl (C=O) groups is 1. The Labute approximate surface area is 130 Å². The van der Waals surface area contributed by atoms with Crippen LogP contribution in [-0.2, 0) is 10.3 Å². The molecule has 0 N–H and O–H groups in total. The lowest BCUT2D eigenvalue weighted by Crippen LogP contribution is -2.51. The number of hydrogen-bond donors (Lipinski definition) is 0. The summed E-state index contributed by atoms with van der Waals surface area (Å²) < 4.78 is 0. The minimum Gasteiger partial charge on any atom is -0.338 e. The minimum atomic E-state index is -0.779. The third kappa shape index (κ3) is 1.75. The van der Waals surface area contributed by atoms with E-state index in [1.165, 1.54) is 0 Å². The van der Waals surface area contributed by atoms with Crippen molar-refractivity contribution in [2.75, 3.05) is 6.54 Å². The summed E-state index contributed by atoms with van der Waals surface area (Å²) in [7, 11) is 0. The Bertz CT molecular complexity index is 682. The quantitative estimate of drug-likeness (QED) is 0.849. The summed E-state index contributed by atoms with van der Waals surface area (Å²) in [4.78, 5) is 19.7. The van der Waals surface area contributed by atoms with Crippen molar-refractivity contribution in [1.82, 2.24) is 4.90 Å². The van der Waals surface area contributed by atoms with Crippen LogP contribution < -0.4 is 0 Å². The van der Waals surface area contributed by atoms with Gasteiger partial charge in [0.15, 0.2) is 5.54 Å². The monoisotopic (exact) mass is 290 g/mol. The molecular formula is C19H18N2O. The molecule has 0 saturated carbocycles. The van der Waals surface area contributed by atoms with Crippen LogP contribution in [0.3, 0.4) is 0 Å². The van der Waals surface area contributed by atoms with Gasteiger partial charge in [-0.2, -0.15) is 4.99 Å². The molecular weight excluding hydrogens is 272 g/mol. The number of hydrogen-bond acceptors (Lipinski definition) is 2. The molecule has 1 fully saturated rings. The van der Waals surface area contributed by atoms with E-state index in [1.54, 1.807) is 0 Å². The van der Waals surface area contributed by atoms with E-state index in [4.69, 9.17) is 0 Å². The standard InChI is InChI=1S/C19H18N2O/c22-18-19(15-9-3-1-4-10-15,16-11-5-2-6-12-16)21-14-8-7-13-17(21)20-18/h1-6,9-12H,7-8,13-14H2. The predicted molar refractivity (Wildman–Crippen MR) is 86.7 cm³/mol. The zero-order valence-electron chi connectivity index (χ0n) is 12.4. The highest BCUT2D eigenvalue weighted by Gasteiger charge is 2.53. The van der Waals surface area contributed by atoms with Crippen molar-refractivity contribution in [3.8, 4) is 0 Å². The van der Waals surface area contributed by atoms with E-state index in [9.17, 15) is 4.79 Å². The van der Waals surface area contributed by atoms with Gasteiger partial charge >= 0.3 is 0 Å². The molecule has 4 rings (SSSR count). The van der Waals surface area contributed by atoms with Crippen LogP contribution in [-0.4, -0.2) is 23.2 Å². The first-order valence-electron chi connectivity index (χ1n) is 7.84. The van der Waals surface area contributed by atoms with Crippen molar-refractivity contribution in [3.05, 3.63) is 71.8 Å². The molecule has 0 aliphatic carbocycles. The van der Waals surface area contributed by atoms with Gasteiger partial charge in [-0.3, -0.25) is 4.79 Å². The first-order chi connectivity index (χ1) is 10.8. The van der Waals surface area contributed by atoms with Crippen LogP contribution >= 0.6 is 0 Å². The molecule has 0 spiro atoms. The number of rotatable bonds is 2. The topological polar surface area (TPSA) is 32.7 Å². The maximum absolute atomic E-state index is 13.0. The van der Waals surface area contributed by atoms with Crippen molar-refractivity contribution in [3.63, 3.8) is 0 Å². The predicted octanol–water partition coefficient (Wildman–Crippen LogP) is 3.35. The summed E-state index contributed by atoms with van der Waals surface area (Å²) in [6.07, 6.45) is 3.11. The lowest BCUT2D eigenvalue weighted by molar-refractivity contribution is -0.124. The second-order valence-corrected chi connectivity index (χ2v) is 5.88. The van der Waals surface area contributed by atoms with Crippen LogP contribution in [0.15, 0.2) is 65.7 Å². The van der Waals surface area contributed by atoms with Crippen LogP contribution in [0.25, 0.3) is 0 Å². The number of nitrogens with zero attached hydrogens (tertiary/aromatic N) is 2. The first kappa shape index (κ1) is 13.3. The maximum Gasteiger partial charge on any atom is 0.282 e. The van der Waals surface area contributed by atoms with E-state index in [0.29, 0.717) is 0 Å². The van der Waals surface area contributed by atoms with Gasteiger partial charge in [0.25, 0.3) is 5.91 Å². The van der Waals surface area contributed by atoms with Crippen molar-refractivity contribution in [1.29, 1.82) is 0 Å². The Kier molecular flexibility index (Phi) is 3.07. The number of benzene rings is 2. The Morgan fingerprint density at radius 1 is 0.864 bits per heavy atom. The molecule has 3 nitrogen and oxygen atoms in total. The largest absolute Gasteiger partial charge is 0.338 e. The van der Waals surface area contributed by atoms with Crippen LogP contribution in [0.5, 0.6) is 0 Å². The summed E-state index contributed by atoms with van der Waals surface area (Å²) in [5.74, 6) is 0.894. The van der Waals surface area contributed by atoms with E-state index in [2.05, 4.69) is 9.89 Å². The summed E-state index contributed by atoms with van der Waals surface area (Å²) in [5.41, 5.74) is 1.23. The Hall–Kier alpha value is -2.42. The third-order valence-corrected chi connectivity index (χ3v) is 4.67. The lowest BCUT2D eigenvalue weighted by atomic mass is 9.80. The van der Waals surface area contributed by atoms with E-state index in [-0.39, 0.29) is 5.91 Å². The molecule has 3 heteroatoms. The van der Waals surface area contributed by atoms with Gasteiger partial charge in [0, 0.05) is 13.0 Å². The fourth-order valence-corrected chi connectivity index (χ4v) is 3.69. The van der Waals surface area contributed by atoms with Gasteiger partial charge in [-0.25, -0.2) is 0 Å². The molecule has 1 saturated heterocycles. The molecule has 2 aromatic carbocycles. The molecule has 0 aromatic heterocycles. The van der Waals surface area contributed by atoms with Gasteiger partial charge in [-0.15, -0.1) is 0 Å². The highest BCUT2D eigenvalue weighted by Crippen LogP contribution is 2.43. The SMILES string of the molecule is O=C1N=C2CCCCN2C1(c1ccccc1)c1ccccc1. The number of piperidine rings is 1. The second-order valence-electron chi connectivity index (χ2n) is 5.88.